The average molecular weight is 514 g/mol. The molecule has 3 atom stereocenters. The van der Waals surface area contributed by atoms with Crippen molar-refractivity contribution in [1.29, 1.82) is 0 Å². The third kappa shape index (κ3) is 4.34. The number of hydrazone groups is 1. The van der Waals surface area contributed by atoms with E-state index in [-0.39, 0.29) is 54.7 Å². The van der Waals surface area contributed by atoms with Crippen LogP contribution in [0.5, 0.6) is 5.75 Å². The molecule has 3 N–H and O–H groups in total. The van der Waals surface area contributed by atoms with Gasteiger partial charge < -0.3 is 15.4 Å². The normalized spacial score (nSPS) is 22.9. The van der Waals surface area contributed by atoms with E-state index in [1.54, 1.807) is 24.1 Å². The molecule has 1 aliphatic carbocycles. The molecule has 0 spiro atoms. The van der Waals surface area contributed by atoms with Crippen LogP contribution in [-0.2, 0) is 22.6 Å². The molecule has 0 saturated heterocycles. The third-order valence-corrected chi connectivity index (χ3v) is 7.25. The number of nitrogens with one attached hydrogen (secondary N) is 3. The largest absolute Gasteiger partial charge is 0.482 e. The number of ketones is 1. The second-order valence-electron chi connectivity index (χ2n) is 9.77. The Morgan fingerprint density at radius 3 is 2.92 bits per heavy atom. The van der Waals surface area contributed by atoms with Crippen LogP contribution in [-0.4, -0.2) is 66.2 Å². The van der Waals surface area contributed by atoms with E-state index in [0.29, 0.717) is 17.1 Å². The Morgan fingerprint density at radius 1 is 1.21 bits per heavy atom. The van der Waals surface area contributed by atoms with Gasteiger partial charge in [-0.15, -0.1) is 0 Å². The van der Waals surface area contributed by atoms with Crippen LogP contribution in [0.3, 0.4) is 0 Å². The van der Waals surface area contributed by atoms with Gasteiger partial charge in [0, 0.05) is 25.2 Å². The van der Waals surface area contributed by atoms with Crippen molar-refractivity contribution < 1.29 is 19.1 Å². The van der Waals surface area contributed by atoms with E-state index in [1.807, 2.05) is 31.3 Å². The summed E-state index contributed by atoms with van der Waals surface area (Å²) < 4.78 is 5.39. The highest BCUT2D eigenvalue weighted by Crippen LogP contribution is 2.34. The van der Waals surface area contributed by atoms with Gasteiger partial charge in [-0.25, -0.2) is 4.99 Å². The molecule has 4 aliphatic rings. The molecule has 11 nitrogen and oxygen atoms in total. The number of fused-ring (bicyclic) bond motifs is 3. The number of likely N-dealkylation sites (N-methyl/N-ethyl adjacent to an activating group) is 1. The number of hydrogen-bond donors (Lipinski definition) is 3. The quantitative estimate of drug-likeness (QED) is 0.502. The number of hydrogen-bond acceptors (Lipinski definition) is 9. The zero-order chi connectivity index (χ0) is 26.4. The number of Topliss-reactive ketones (excluding diaryl/α,β-unsaturated/α-hetero) is 1. The van der Waals surface area contributed by atoms with Crippen molar-refractivity contribution in [2.24, 2.45) is 15.1 Å². The van der Waals surface area contributed by atoms with Crippen LogP contribution in [0.4, 0.5) is 5.69 Å². The molecule has 0 fully saturated rings. The van der Waals surface area contributed by atoms with E-state index in [9.17, 15) is 14.4 Å². The van der Waals surface area contributed by atoms with Crippen molar-refractivity contribution in [2.45, 2.75) is 44.6 Å². The Balaban J connectivity index is 1.12. The molecule has 6 rings (SSSR count). The molecule has 0 saturated carbocycles. The van der Waals surface area contributed by atoms with Crippen LogP contribution in [0.2, 0.25) is 0 Å². The first-order valence-electron chi connectivity index (χ1n) is 12.5. The van der Waals surface area contributed by atoms with Gasteiger partial charge in [0.25, 0.3) is 11.8 Å². The summed E-state index contributed by atoms with van der Waals surface area (Å²) in [5.41, 5.74) is 5.22. The van der Waals surface area contributed by atoms with Gasteiger partial charge in [0.2, 0.25) is 0 Å². The summed E-state index contributed by atoms with van der Waals surface area (Å²) in [6.45, 7) is 1.82. The van der Waals surface area contributed by atoms with Gasteiger partial charge >= 0.3 is 0 Å². The minimum absolute atomic E-state index is 0.00785. The number of benzene rings is 2. The number of nitrogens with zero attached hydrogens (tertiary/aromatic N) is 4. The van der Waals surface area contributed by atoms with Gasteiger partial charge in [-0.3, -0.25) is 29.7 Å². The zero-order valence-electron chi connectivity index (χ0n) is 21.0. The van der Waals surface area contributed by atoms with Crippen LogP contribution < -0.4 is 20.7 Å². The summed E-state index contributed by atoms with van der Waals surface area (Å²) in [6, 6.07) is 11.0. The molecule has 2 aromatic carbocycles. The summed E-state index contributed by atoms with van der Waals surface area (Å²) in [6.07, 6.45) is 2.97. The Morgan fingerprint density at radius 2 is 2.08 bits per heavy atom. The maximum Gasteiger partial charge on any atom is 0.272 e. The highest BCUT2D eigenvalue weighted by Gasteiger charge is 2.42. The lowest BCUT2D eigenvalue weighted by Gasteiger charge is -2.28. The van der Waals surface area contributed by atoms with Gasteiger partial charge in [0.15, 0.2) is 18.1 Å². The lowest BCUT2D eigenvalue weighted by Crippen LogP contribution is -2.50. The summed E-state index contributed by atoms with van der Waals surface area (Å²) in [7, 11) is 1.85. The Labute approximate surface area is 219 Å². The fourth-order valence-electron chi connectivity index (χ4n) is 5.31. The van der Waals surface area contributed by atoms with Gasteiger partial charge in [-0.2, -0.15) is 5.10 Å². The standard InChI is InChI=1S/C27H27N7O4/c1-14(35)16-4-6-18-17(10-16)5-7-19(18)32-26-24-23(33-34(26)2)25(30-13-29-24)27(37)28-11-15-3-8-21-20(9-15)31-22(36)12-38-21/h3-4,6,8-10,13,19,24,26,32H,5,7,11-12H2,1-2H3,(H,28,37)(H,31,36). The van der Waals surface area contributed by atoms with Crippen molar-refractivity contribution in [3.63, 3.8) is 0 Å². The molecule has 0 aromatic heterocycles. The average Bonchev–Trinajstić information content (AvgIpc) is 3.46. The second-order valence-corrected chi connectivity index (χ2v) is 9.77. The van der Waals surface area contributed by atoms with Gasteiger partial charge in [-0.05, 0) is 54.7 Å². The van der Waals surface area contributed by atoms with Crippen LogP contribution in [0.1, 0.15) is 46.4 Å². The smallest absolute Gasteiger partial charge is 0.272 e. The van der Waals surface area contributed by atoms with Gasteiger partial charge in [-0.1, -0.05) is 18.2 Å². The Bertz CT molecular complexity index is 1450. The highest BCUT2D eigenvalue weighted by atomic mass is 16.5. The number of amides is 2. The number of rotatable bonds is 6. The lowest BCUT2D eigenvalue weighted by molar-refractivity contribution is -0.118. The number of anilines is 1. The fraction of sp³-hybridized carbons (Fsp3) is 0.333. The minimum Gasteiger partial charge on any atom is -0.482 e. The first-order chi connectivity index (χ1) is 18.4. The SMILES string of the molecule is CC(=O)c1ccc2c(c1)CCC2NC1C2N=CN=C(C(=O)NCc3ccc4c(c3)NC(=O)CO4)C2=NN1C. The molecule has 3 heterocycles. The highest BCUT2D eigenvalue weighted by molar-refractivity contribution is 6.69. The van der Waals surface area contributed by atoms with Crippen LogP contribution in [0.15, 0.2) is 51.5 Å². The van der Waals surface area contributed by atoms with Crippen molar-refractivity contribution >= 4 is 41.0 Å². The molecule has 0 bridgehead atoms. The topological polar surface area (TPSA) is 137 Å². The molecule has 2 amide bonds. The Kier molecular flexibility index (Phi) is 5.99. The third-order valence-electron chi connectivity index (χ3n) is 7.25. The van der Waals surface area contributed by atoms with Crippen LogP contribution >= 0.6 is 0 Å². The second kappa shape index (κ2) is 9.49. The van der Waals surface area contributed by atoms with E-state index >= 15 is 0 Å². The predicted molar refractivity (Wildman–Crippen MR) is 142 cm³/mol. The van der Waals surface area contributed by atoms with Gasteiger partial charge in [0.05, 0.1) is 5.69 Å². The summed E-state index contributed by atoms with van der Waals surface area (Å²) >= 11 is 0. The summed E-state index contributed by atoms with van der Waals surface area (Å²) in [4.78, 5) is 45.3. The first kappa shape index (κ1) is 24.0. The summed E-state index contributed by atoms with van der Waals surface area (Å²) in [5.74, 6) is 0.0946. The van der Waals surface area contributed by atoms with E-state index in [4.69, 9.17) is 4.74 Å². The molecule has 2 aromatic rings. The number of carbonyl (C=O) groups is 3. The van der Waals surface area contributed by atoms with E-state index in [2.05, 4.69) is 31.0 Å². The zero-order valence-corrected chi connectivity index (χ0v) is 21.0. The number of carbonyl (C=O) groups excluding carboxylic acids is 3. The molecule has 38 heavy (non-hydrogen) atoms. The number of ether oxygens (including phenoxy) is 1. The van der Waals surface area contributed by atoms with E-state index < -0.39 is 0 Å². The molecule has 3 unspecified atom stereocenters. The maximum absolute atomic E-state index is 13.1. The Hall–Kier alpha value is -4.38. The van der Waals surface area contributed by atoms with Crippen LogP contribution in [0.25, 0.3) is 0 Å². The monoisotopic (exact) mass is 513 g/mol. The van der Waals surface area contributed by atoms with E-state index in [0.717, 1.165) is 24.0 Å². The fourth-order valence-corrected chi connectivity index (χ4v) is 5.31. The van der Waals surface area contributed by atoms with Crippen LogP contribution in [0, 0.1) is 0 Å². The van der Waals surface area contributed by atoms with Crippen molar-refractivity contribution in [3.05, 3.63) is 58.7 Å². The van der Waals surface area contributed by atoms with Crippen molar-refractivity contribution in [2.75, 3.05) is 19.0 Å². The summed E-state index contributed by atoms with van der Waals surface area (Å²) in [5, 5.41) is 15.7. The predicted octanol–water partition coefficient (Wildman–Crippen LogP) is 1.59. The number of aryl methyl sites for hydroxylation is 1. The lowest BCUT2D eigenvalue weighted by atomic mass is 10.0. The van der Waals surface area contributed by atoms with E-state index in [1.165, 1.54) is 17.5 Å². The molecule has 0 radical (unpaired) electrons. The van der Waals surface area contributed by atoms with Crippen molar-refractivity contribution in [3.8, 4) is 5.75 Å². The molecular formula is C27H27N7O4. The maximum atomic E-state index is 13.1. The van der Waals surface area contributed by atoms with Crippen molar-refractivity contribution in [1.82, 2.24) is 15.6 Å². The molecular weight excluding hydrogens is 486 g/mol. The molecule has 3 aliphatic heterocycles. The first-order valence-corrected chi connectivity index (χ1v) is 12.5. The van der Waals surface area contributed by atoms with Gasteiger partial charge in [0.1, 0.15) is 30.0 Å². The number of aliphatic imine (C=N–C) groups is 2. The molecule has 11 heteroatoms. The minimum atomic E-state index is -0.380. The molecule has 194 valence electrons.